The van der Waals surface area contributed by atoms with Gasteiger partial charge < -0.3 is 59.2 Å². The van der Waals surface area contributed by atoms with Gasteiger partial charge in [-0.3, -0.25) is 34.4 Å². The molecule has 5 atom stereocenters. The molecule has 10 heterocycles. The summed E-state index contributed by atoms with van der Waals surface area (Å²) in [6.07, 6.45) is 4.53. The van der Waals surface area contributed by atoms with E-state index in [0.29, 0.717) is 144 Å². The summed E-state index contributed by atoms with van der Waals surface area (Å²) >= 11 is 15.8. The molecule has 0 spiro atoms. The fraction of sp³-hybridized carbons (Fsp3) is 0.270. The molecule has 556 valence electrons. The zero-order chi connectivity index (χ0) is 75.4. The number of aromatic nitrogens is 3. The van der Waals surface area contributed by atoms with Crippen LogP contribution in [0.5, 0.6) is 23.1 Å². The second-order valence-corrected chi connectivity index (χ2v) is 28.2. The number of fused-ring (bicyclic) bond motifs is 2. The van der Waals surface area contributed by atoms with Gasteiger partial charge in [-0.1, -0.05) is 35.3 Å². The number of morpholine rings is 1. The molecule has 5 fully saturated rings. The van der Waals surface area contributed by atoms with Crippen LogP contribution in [-0.4, -0.2) is 221 Å². The molecule has 108 heavy (non-hydrogen) atoms. The van der Waals surface area contributed by atoms with Crippen molar-refractivity contribution < 1.29 is 76.2 Å². The van der Waals surface area contributed by atoms with Crippen molar-refractivity contribution in [3.05, 3.63) is 227 Å². The van der Waals surface area contributed by atoms with Crippen molar-refractivity contribution in [1.82, 2.24) is 50.1 Å². The van der Waals surface area contributed by atoms with Gasteiger partial charge in [-0.05, 0) is 103 Å². The van der Waals surface area contributed by atoms with E-state index in [0.717, 1.165) is 0 Å². The Morgan fingerprint density at radius 1 is 0.583 bits per heavy atom. The fourth-order valence-electron chi connectivity index (χ4n) is 13.7. The van der Waals surface area contributed by atoms with Crippen LogP contribution in [0.4, 0.5) is 29.7 Å². The van der Waals surface area contributed by atoms with E-state index in [2.05, 4.69) is 35.4 Å². The van der Waals surface area contributed by atoms with E-state index in [9.17, 15) is 47.4 Å². The number of carbonyl (C=O) groups excluding carboxylic acids is 5. The maximum atomic E-state index is 14.1. The lowest BCUT2D eigenvalue weighted by Gasteiger charge is -2.38. The number of hydrogen-bond donors (Lipinski definition) is 4. The van der Waals surface area contributed by atoms with E-state index in [1.807, 2.05) is 32.7 Å². The molecule has 5 amide bonds. The molecule has 0 saturated carbocycles. The molecule has 34 heteroatoms. The Morgan fingerprint density at radius 3 is 1.48 bits per heavy atom. The van der Waals surface area contributed by atoms with Crippen molar-refractivity contribution in [2.24, 2.45) is 9.98 Å². The highest BCUT2D eigenvalue weighted by atomic mass is 35.5. The first-order valence-corrected chi connectivity index (χ1v) is 36.4. The third-order valence-electron chi connectivity index (χ3n) is 19.0. The number of carbonyl (C=O) groups is 7. The van der Waals surface area contributed by atoms with Gasteiger partial charge in [0.25, 0.3) is 5.91 Å². The molecule has 8 aromatic rings. The van der Waals surface area contributed by atoms with Crippen molar-refractivity contribution in [2.75, 3.05) is 109 Å². The maximum Gasteiger partial charge on any atom is 0.338 e. The molecule has 5 aromatic carbocycles. The van der Waals surface area contributed by atoms with Gasteiger partial charge in [0.05, 0.1) is 56.2 Å². The van der Waals surface area contributed by atoms with E-state index in [1.165, 1.54) is 96.5 Å². The molecule has 4 N–H and O–H groups in total. The minimum atomic E-state index is -1.12. The summed E-state index contributed by atoms with van der Waals surface area (Å²) < 4.78 is 55.5. The number of aliphatic carboxylic acids is 1. The normalized spacial score (nSPS) is 20.2. The van der Waals surface area contributed by atoms with Crippen molar-refractivity contribution in [3.8, 4) is 23.1 Å². The molecule has 0 bridgehead atoms. The number of rotatable bonds is 19. The second kappa shape index (κ2) is 32.1. The Morgan fingerprint density at radius 2 is 1.06 bits per heavy atom. The number of carboxylic acid groups (broad SMARTS) is 2. The Bertz CT molecular complexity index is 4910. The Balaban J connectivity index is 0.000000183. The number of piperazine rings is 2. The minimum absolute atomic E-state index is 0.0549. The summed E-state index contributed by atoms with van der Waals surface area (Å²) in [5.41, 5.74) is 4.29. The molecule has 7 aliphatic rings. The number of benzene rings is 5. The van der Waals surface area contributed by atoms with Gasteiger partial charge in [0, 0.05) is 157 Å². The van der Waals surface area contributed by atoms with E-state index >= 15 is 0 Å². The summed E-state index contributed by atoms with van der Waals surface area (Å²) in [4.78, 5) is 125. The van der Waals surface area contributed by atoms with Crippen LogP contribution in [0.3, 0.4) is 0 Å². The topological polar surface area (TPSA) is 316 Å². The Labute approximate surface area is 633 Å². The standard InChI is InChI=1S/C40H37ClFN7O8S.C34H29ClFN7O6S/c1-55-39(53)33-31(44-35(36-43-12-17-58-36)45-34(33)29-11-4-24(42)18-30(29)41)21-46-13-14-47-26(19-46)20-49(40(47)54)25-5-9-28(10-6-25)57-27-7-2-23(3-8-27)37(50)48-15-16-56-22-32(48)38(51)52;1-48-33(46)28-26(39-30(31-37-10-13-50-31)40-29(28)24-8-3-20(36)14-25(24)35)18-41-11-12-42-22(16-41)17-43(34(42)47)21-4-6-23(7-5-21)49-27-9-2-19(15-38-27)32(44)45/h2-12,17-18,26,32,34H,13-16,19-22H2,1H3,(H,44,45)(H,51,52);2-10,13-15,22,29H,11-12,16-18H2,1H3,(H,39,40)(H,44,45)/t26-,32-,34-;22-,29-/m00/s1. The molecule has 0 aliphatic carbocycles. The number of esters is 2. The zero-order valence-corrected chi connectivity index (χ0v) is 60.6. The largest absolute Gasteiger partial charge is 0.480 e. The predicted molar refractivity (Wildman–Crippen MR) is 393 cm³/mol. The number of aliphatic imine (C=N–C) groups is 2. The number of amidine groups is 2. The number of amides is 5. The number of ether oxygens (including phenoxy) is 5. The molecule has 0 radical (unpaired) electrons. The van der Waals surface area contributed by atoms with Crippen molar-refractivity contribution in [3.63, 3.8) is 0 Å². The Hall–Kier alpha value is -11.3. The van der Waals surface area contributed by atoms with E-state index in [1.54, 1.807) is 82.9 Å². The number of nitrogens with zero attached hydrogens (tertiary/aromatic N) is 12. The summed E-state index contributed by atoms with van der Waals surface area (Å²) in [5, 5.41) is 30.3. The van der Waals surface area contributed by atoms with Gasteiger partial charge in [0.15, 0.2) is 27.7 Å². The van der Waals surface area contributed by atoms with E-state index in [4.69, 9.17) is 62.0 Å². The number of methoxy groups -OCH3 is 2. The first-order chi connectivity index (χ1) is 52.2. The Kier molecular flexibility index (Phi) is 21.9. The van der Waals surface area contributed by atoms with Crippen LogP contribution in [0.2, 0.25) is 10.0 Å². The van der Waals surface area contributed by atoms with Gasteiger partial charge in [-0.25, -0.2) is 52.5 Å². The smallest absolute Gasteiger partial charge is 0.338 e. The first-order valence-electron chi connectivity index (χ1n) is 33.9. The number of halogens is 4. The number of hydrogen-bond acceptors (Lipinski definition) is 23. The molecule has 3 aromatic heterocycles. The van der Waals surface area contributed by atoms with Crippen LogP contribution >= 0.6 is 45.9 Å². The fourth-order valence-corrected chi connectivity index (χ4v) is 15.5. The van der Waals surface area contributed by atoms with Crippen molar-refractivity contribution >= 4 is 111 Å². The van der Waals surface area contributed by atoms with Crippen LogP contribution in [0, 0.1) is 11.6 Å². The number of nitrogens with one attached hydrogen (secondary N) is 2. The highest BCUT2D eigenvalue weighted by molar-refractivity contribution is 7.12. The summed E-state index contributed by atoms with van der Waals surface area (Å²) in [5.74, 6) is -2.19. The second-order valence-electron chi connectivity index (χ2n) is 25.6. The quantitative estimate of drug-likeness (QED) is 0.0547. The summed E-state index contributed by atoms with van der Waals surface area (Å²) in [6, 6.07) is 28.2. The average Bonchev–Trinajstić information content (AvgIpc) is 1.25. The zero-order valence-electron chi connectivity index (χ0n) is 57.5. The number of urea groups is 2. The van der Waals surface area contributed by atoms with Gasteiger partial charge in [-0.15, -0.1) is 22.7 Å². The predicted octanol–water partition coefficient (Wildman–Crippen LogP) is 9.76. The van der Waals surface area contributed by atoms with Gasteiger partial charge in [-0.2, -0.15) is 0 Å². The van der Waals surface area contributed by atoms with E-state index in [-0.39, 0.29) is 76.5 Å². The monoisotopic (exact) mass is 1550 g/mol. The molecular formula is C74H66Cl2F2N14O14S2. The van der Waals surface area contributed by atoms with Gasteiger partial charge in [0.1, 0.15) is 41.0 Å². The number of anilines is 2. The van der Waals surface area contributed by atoms with Gasteiger partial charge in [0.2, 0.25) is 5.88 Å². The van der Waals surface area contributed by atoms with Crippen LogP contribution in [-0.2, 0) is 28.6 Å². The lowest BCUT2D eigenvalue weighted by Crippen LogP contribution is -2.53. The average molecular weight is 1550 g/mol. The SMILES string of the molecule is COC(=O)C1=C(CN2CCN3C(=O)N(c4ccc(Oc5ccc(C(=O)N6CCOC[C@H]6C(=O)O)cc5)cc4)C[C@@H]3C2)NC(c2nccs2)=N[C@H]1c1ccc(F)cc1Cl.COC(=O)C1=C(CN2CCN3C(=O)N(c4ccc(Oc5ccc(C(=O)O)cn5)cc4)C[C@@H]3C2)NC(c2nccs2)=N[C@H]1c1ccc(F)cc1Cl. The molecule has 15 rings (SSSR count). The number of pyridine rings is 1. The molecule has 7 aliphatic heterocycles. The van der Waals surface area contributed by atoms with Crippen LogP contribution in [0.15, 0.2) is 183 Å². The molecular weight excluding hydrogens is 1480 g/mol. The third kappa shape index (κ3) is 15.8. The first kappa shape index (κ1) is 73.6. The maximum absolute atomic E-state index is 14.1. The van der Waals surface area contributed by atoms with Crippen LogP contribution in [0.25, 0.3) is 0 Å². The highest BCUT2D eigenvalue weighted by Gasteiger charge is 2.45. The lowest BCUT2D eigenvalue weighted by atomic mass is 9.95. The van der Waals surface area contributed by atoms with Gasteiger partial charge >= 0.3 is 35.9 Å². The lowest BCUT2D eigenvalue weighted by molar-refractivity contribution is -0.147. The summed E-state index contributed by atoms with van der Waals surface area (Å²) in [6.45, 7) is 4.97. The molecule has 28 nitrogen and oxygen atoms in total. The van der Waals surface area contributed by atoms with Crippen molar-refractivity contribution in [1.29, 1.82) is 0 Å². The molecule has 5 saturated heterocycles. The van der Waals surface area contributed by atoms with Crippen LogP contribution < -0.4 is 29.9 Å². The number of thiazole rings is 2. The number of aromatic carboxylic acids is 1. The van der Waals surface area contributed by atoms with Crippen molar-refractivity contribution in [2.45, 2.75) is 30.2 Å². The van der Waals surface area contributed by atoms with Crippen LogP contribution in [0.1, 0.15) is 53.9 Å². The number of carboxylic acids is 2. The minimum Gasteiger partial charge on any atom is -0.480 e. The van der Waals surface area contributed by atoms with E-state index < -0.39 is 59.5 Å². The summed E-state index contributed by atoms with van der Waals surface area (Å²) in [7, 11) is 2.59. The molecule has 0 unspecified atom stereocenters. The third-order valence-corrected chi connectivity index (χ3v) is 21.2. The highest BCUT2D eigenvalue weighted by Crippen LogP contribution is 2.41.